The van der Waals surface area contributed by atoms with E-state index in [9.17, 15) is 9.90 Å². The standard InChI is InChI=1S/C23H28N2O2S/c1-13-4-14(2)19(15(3)5-13)18-11-28-21(24-18)25-20(26)22-7-16-6-17(8-22)10-23(27,9-16)12-22/h4-5,11,16-17,27H,6-10,12H2,1-3H3,(H,24,25,26)/t16-,17+,22?,23?. The number of carbonyl (C=O) groups is 1. The van der Waals surface area contributed by atoms with E-state index in [4.69, 9.17) is 4.98 Å². The maximum atomic E-state index is 13.3. The molecule has 4 fully saturated rings. The van der Waals surface area contributed by atoms with E-state index in [-0.39, 0.29) is 5.91 Å². The Hall–Kier alpha value is -1.72. The zero-order chi connectivity index (χ0) is 19.7. The number of hydrogen-bond donors (Lipinski definition) is 2. The number of thiazole rings is 1. The topological polar surface area (TPSA) is 62.2 Å². The van der Waals surface area contributed by atoms with Crippen LogP contribution in [0.2, 0.25) is 0 Å². The number of rotatable bonds is 3. The molecular weight excluding hydrogens is 368 g/mol. The van der Waals surface area contributed by atoms with E-state index >= 15 is 0 Å². The predicted octanol–water partition coefficient (Wildman–Crippen LogP) is 5.01. The monoisotopic (exact) mass is 396 g/mol. The molecule has 2 N–H and O–H groups in total. The van der Waals surface area contributed by atoms with Gasteiger partial charge in [-0.25, -0.2) is 4.98 Å². The van der Waals surface area contributed by atoms with Crippen LogP contribution in [0.4, 0.5) is 5.13 Å². The Morgan fingerprint density at radius 3 is 2.39 bits per heavy atom. The number of hydrogen-bond acceptors (Lipinski definition) is 4. The molecule has 0 saturated heterocycles. The number of amides is 1. The number of nitrogens with one attached hydrogen (secondary N) is 1. The lowest BCUT2D eigenvalue weighted by Crippen LogP contribution is -2.59. The van der Waals surface area contributed by atoms with E-state index in [1.54, 1.807) is 0 Å². The minimum atomic E-state index is -0.619. The number of aromatic nitrogens is 1. The van der Waals surface area contributed by atoms with Gasteiger partial charge in [0, 0.05) is 10.9 Å². The van der Waals surface area contributed by atoms with Gasteiger partial charge in [-0.15, -0.1) is 11.3 Å². The van der Waals surface area contributed by atoms with Crippen LogP contribution in [-0.2, 0) is 4.79 Å². The number of aliphatic hydroxyl groups is 1. The maximum Gasteiger partial charge on any atom is 0.232 e. The second kappa shape index (κ2) is 6.14. The molecule has 2 aromatic rings. The van der Waals surface area contributed by atoms with E-state index in [2.05, 4.69) is 38.2 Å². The summed E-state index contributed by atoms with van der Waals surface area (Å²) >= 11 is 1.49. The summed E-state index contributed by atoms with van der Waals surface area (Å²) in [4.78, 5) is 18.0. The summed E-state index contributed by atoms with van der Waals surface area (Å²) in [5.74, 6) is 1.07. The third-order valence-corrected chi connectivity index (χ3v) is 7.93. The third kappa shape index (κ3) is 2.91. The second-order valence-electron chi connectivity index (χ2n) is 9.73. The normalized spacial score (nSPS) is 33.3. The fourth-order valence-corrected chi connectivity index (χ4v) is 7.44. The lowest BCUT2D eigenvalue weighted by molar-refractivity contribution is -0.174. The average molecular weight is 397 g/mol. The number of aryl methyl sites for hydroxylation is 3. The summed E-state index contributed by atoms with van der Waals surface area (Å²) in [7, 11) is 0. The fourth-order valence-electron chi connectivity index (χ4n) is 6.74. The largest absolute Gasteiger partial charge is 0.390 e. The molecule has 5 heteroatoms. The van der Waals surface area contributed by atoms with E-state index in [0.29, 0.717) is 23.4 Å². The van der Waals surface area contributed by atoms with Crippen molar-refractivity contribution in [3.63, 3.8) is 0 Å². The number of anilines is 1. The quantitative estimate of drug-likeness (QED) is 0.767. The molecule has 28 heavy (non-hydrogen) atoms. The van der Waals surface area contributed by atoms with Crippen LogP contribution in [-0.4, -0.2) is 21.6 Å². The molecule has 2 unspecified atom stereocenters. The molecule has 4 aliphatic rings. The first kappa shape index (κ1) is 18.3. The van der Waals surface area contributed by atoms with Crippen LogP contribution in [0.25, 0.3) is 11.3 Å². The summed E-state index contributed by atoms with van der Waals surface area (Å²) in [6, 6.07) is 4.35. The first-order valence-electron chi connectivity index (χ1n) is 10.3. The summed E-state index contributed by atoms with van der Waals surface area (Å²) in [5.41, 5.74) is 4.74. The Balaban J connectivity index is 1.39. The molecule has 4 bridgehead atoms. The van der Waals surface area contributed by atoms with Crippen LogP contribution >= 0.6 is 11.3 Å². The van der Waals surface area contributed by atoms with Crippen molar-refractivity contribution in [3.8, 4) is 11.3 Å². The Morgan fingerprint density at radius 2 is 1.79 bits per heavy atom. The molecule has 0 aliphatic heterocycles. The maximum absolute atomic E-state index is 13.3. The van der Waals surface area contributed by atoms with E-state index in [0.717, 1.165) is 36.9 Å². The smallest absolute Gasteiger partial charge is 0.232 e. The van der Waals surface area contributed by atoms with Gasteiger partial charge in [0.1, 0.15) is 0 Å². The molecule has 0 radical (unpaired) electrons. The highest BCUT2D eigenvalue weighted by molar-refractivity contribution is 7.14. The third-order valence-electron chi connectivity index (χ3n) is 7.17. The first-order chi connectivity index (χ1) is 13.3. The molecule has 1 heterocycles. The van der Waals surface area contributed by atoms with Gasteiger partial charge < -0.3 is 10.4 Å². The molecule has 148 valence electrons. The van der Waals surface area contributed by atoms with Crippen LogP contribution in [0.5, 0.6) is 0 Å². The predicted molar refractivity (Wildman–Crippen MR) is 112 cm³/mol. The summed E-state index contributed by atoms with van der Waals surface area (Å²) in [5, 5.41) is 16.7. The highest BCUT2D eigenvalue weighted by atomic mass is 32.1. The fraction of sp³-hybridized carbons (Fsp3) is 0.565. The van der Waals surface area contributed by atoms with Crippen molar-refractivity contribution in [2.45, 2.75) is 64.9 Å². The molecule has 6 rings (SSSR count). The first-order valence-corrected chi connectivity index (χ1v) is 11.2. The highest BCUT2D eigenvalue weighted by Crippen LogP contribution is 2.61. The molecule has 0 spiro atoms. The van der Waals surface area contributed by atoms with Crippen molar-refractivity contribution in [2.24, 2.45) is 17.3 Å². The summed E-state index contributed by atoms with van der Waals surface area (Å²) in [6.07, 6.45) is 5.41. The van der Waals surface area contributed by atoms with Crippen LogP contribution in [0, 0.1) is 38.0 Å². The Morgan fingerprint density at radius 1 is 1.14 bits per heavy atom. The Kier molecular flexibility index (Phi) is 4.01. The van der Waals surface area contributed by atoms with Crippen molar-refractivity contribution < 1.29 is 9.90 Å². The zero-order valence-corrected chi connectivity index (χ0v) is 17.7. The van der Waals surface area contributed by atoms with Crippen LogP contribution in [0.3, 0.4) is 0 Å². The van der Waals surface area contributed by atoms with Gasteiger partial charge in [0.15, 0.2) is 5.13 Å². The van der Waals surface area contributed by atoms with Gasteiger partial charge in [0.2, 0.25) is 5.91 Å². The molecular formula is C23H28N2O2S. The van der Waals surface area contributed by atoms with E-state index < -0.39 is 11.0 Å². The van der Waals surface area contributed by atoms with Crippen molar-refractivity contribution >= 4 is 22.4 Å². The molecule has 1 aromatic carbocycles. The molecule has 4 aliphatic carbocycles. The second-order valence-corrected chi connectivity index (χ2v) is 10.6. The summed E-state index contributed by atoms with van der Waals surface area (Å²) < 4.78 is 0. The molecule has 1 aromatic heterocycles. The van der Waals surface area contributed by atoms with Gasteiger partial charge in [0.25, 0.3) is 0 Å². The molecule has 4 nitrogen and oxygen atoms in total. The summed E-state index contributed by atoms with van der Waals surface area (Å²) in [6.45, 7) is 6.34. The van der Waals surface area contributed by atoms with Gasteiger partial charge in [-0.3, -0.25) is 4.79 Å². The Bertz CT molecular complexity index is 926. The minimum absolute atomic E-state index is 0.0678. The van der Waals surface area contributed by atoms with Gasteiger partial charge in [-0.1, -0.05) is 17.7 Å². The highest BCUT2D eigenvalue weighted by Gasteiger charge is 2.60. The van der Waals surface area contributed by atoms with Crippen LogP contribution < -0.4 is 5.32 Å². The van der Waals surface area contributed by atoms with Gasteiger partial charge in [-0.2, -0.15) is 0 Å². The van der Waals surface area contributed by atoms with Crippen LogP contribution in [0.15, 0.2) is 17.5 Å². The zero-order valence-electron chi connectivity index (χ0n) is 16.8. The van der Waals surface area contributed by atoms with E-state index in [1.807, 2.05) is 5.38 Å². The van der Waals surface area contributed by atoms with Crippen molar-refractivity contribution in [1.82, 2.24) is 4.98 Å². The average Bonchev–Trinajstić information content (AvgIpc) is 2.99. The van der Waals surface area contributed by atoms with Gasteiger partial charge in [-0.05, 0) is 82.3 Å². The number of carbonyl (C=O) groups excluding carboxylic acids is 1. The van der Waals surface area contributed by atoms with Crippen molar-refractivity contribution in [3.05, 3.63) is 34.2 Å². The lowest BCUT2D eigenvalue weighted by atomic mass is 9.47. The number of benzene rings is 1. The van der Waals surface area contributed by atoms with Crippen molar-refractivity contribution in [1.29, 1.82) is 0 Å². The molecule has 1 amide bonds. The van der Waals surface area contributed by atoms with E-state index in [1.165, 1.54) is 34.4 Å². The minimum Gasteiger partial charge on any atom is -0.390 e. The molecule has 4 atom stereocenters. The number of nitrogens with zero attached hydrogens (tertiary/aromatic N) is 1. The van der Waals surface area contributed by atoms with Crippen LogP contribution in [0.1, 0.15) is 55.2 Å². The SMILES string of the molecule is Cc1cc(C)c(-c2csc(NC(=O)C34C[C@@H]5C[C@@H](CC(O)(C5)C3)C4)n2)c(C)c1. The van der Waals surface area contributed by atoms with Gasteiger partial charge >= 0.3 is 0 Å². The van der Waals surface area contributed by atoms with Gasteiger partial charge in [0.05, 0.1) is 16.7 Å². The van der Waals surface area contributed by atoms with Crippen molar-refractivity contribution in [2.75, 3.05) is 5.32 Å². The lowest BCUT2D eigenvalue weighted by Gasteiger charge is -2.59. The Labute approximate surface area is 170 Å². The molecule has 4 saturated carbocycles.